The summed E-state index contributed by atoms with van der Waals surface area (Å²) in [7, 11) is 1.65. The Balaban J connectivity index is 1.74. The number of methoxy groups -OCH3 is 1. The van der Waals surface area contributed by atoms with Gasteiger partial charge in [-0.1, -0.05) is 19.3 Å². The number of aromatic nitrogens is 1. The fraction of sp³-hybridized carbons (Fsp3) is 0.500. The van der Waals surface area contributed by atoms with Crippen LogP contribution in [0.15, 0.2) is 24.3 Å². The standard InChI is InChI=1S/C20H27N3O2S/c1-13-17(14(2)23-19(24)20(21)11-5-4-6-12-20)26-18(22-13)15-7-9-16(25-3)10-8-15/h7-10,14H,4-6,11-12,21H2,1-3H3,(H,23,24). The molecule has 1 amide bonds. The first kappa shape index (κ1) is 18.9. The van der Waals surface area contributed by atoms with Gasteiger partial charge in [0.2, 0.25) is 5.91 Å². The first-order chi connectivity index (χ1) is 12.4. The van der Waals surface area contributed by atoms with Crippen LogP contribution < -0.4 is 15.8 Å². The number of nitrogens with zero attached hydrogens (tertiary/aromatic N) is 1. The van der Waals surface area contributed by atoms with E-state index in [1.165, 1.54) is 6.42 Å². The molecule has 1 fully saturated rings. The number of rotatable bonds is 5. The van der Waals surface area contributed by atoms with Crippen LogP contribution in [-0.4, -0.2) is 23.5 Å². The maximum Gasteiger partial charge on any atom is 0.240 e. The second-order valence-electron chi connectivity index (χ2n) is 7.11. The van der Waals surface area contributed by atoms with Gasteiger partial charge in [0, 0.05) is 5.56 Å². The van der Waals surface area contributed by atoms with Gasteiger partial charge in [-0.2, -0.15) is 0 Å². The molecule has 2 aromatic rings. The number of ether oxygens (including phenoxy) is 1. The number of aryl methyl sites for hydroxylation is 1. The number of amides is 1. The SMILES string of the molecule is COc1ccc(-c2nc(C)c(C(C)NC(=O)C3(N)CCCCC3)s2)cc1. The number of nitrogens with one attached hydrogen (secondary N) is 1. The van der Waals surface area contributed by atoms with E-state index in [1.54, 1.807) is 18.4 Å². The van der Waals surface area contributed by atoms with Gasteiger partial charge in [0.05, 0.1) is 29.3 Å². The zero-order chi connectivity index (χ0) is 18.7. The minimum atomic E-state index is -0.718. The van der Waals surface area contributed by atoms with Gasteiger partial charge < -0.3 is 15.8 Å². The topological polar surface area (TPSA) is 77.2 Å². The number of carbonyl (C=O) groups is 1. The maximum absolute atomic E-state index is 12.7. The van der Waals surface area contributed by atoms with Gasteiger partial charge in [0.15, 0.2) is 0 Å². The van der Waals surface area contributed by atoms with Crippen LogP contribution in [-0.2, 0) is 4.79 Å². The lowest BCUT2D eigenvalue weighted by molar-refractivity contribution is -0.128. The molecule has 1 atom stereocenters. The molecular formula is C20H27N3O2S. The van der Waals surface area contributed by atoms with Crippen molar-refractivity contribution in [3.05, 3.63) is 34.8 Å². The van der Waals surface area contributed by atoms with Crippen LogP contribution in [0.2, 0.25) is 0 Å². The van der Waals surface area contributed by atoms with Crippen molar-refractivity contribution in [2.24, 2.45) is 5.73 Å². The third-order valence-electron chi connectivity index (χ3n) is 5.11. The van der Waals surface area contributed by atoms with Crippen molar-refractivity contribution in [2.75, 3.05) is 7.11 Å². The van der Waals surface area contributed by atoms with E-state index in [0.29, 0.717) is 0 Å². The first-order valence-corrected chi connectivity index (χ1v) is 9.96. The monoisotopic (exact) mass is 373 g/mol. The molecule has 0 radical (unpaired) electrons. The van der Waals surface area contributed by atoms with Crippen molar-refractivity contribution in [3.8, 4) is 16.3 Å². The molecule has 140 valence electrons. The Kier molecular flexibility index (Phi) is 5.63. The quantitative estimate of drug-likeness (QED) is 0.831. The molecule has 1 aliphatic rings. The molecule has 3 rings (SSSR count). The summed E-state index contributed by atoms with van der Waals surface area (Å²) in [5.74, 6) is 0.784. The summed E-state index contributed by atoms with van der Waals surface area (Å²) in [5, 5.41) is 4.06. The lowest BCUT2D eigenvalue weighted by atomic mass is 9.82. The number of nitrogens with two attached hydrogens (primary N) is 1. The third-order valence-corrected chi connectivity index (χ3v) is 6.50. The summed E-state index contributed by atoms with van der Waals surface area (Å²) in [5.41, 5.74) is 7.63. The van der Waals surface area contributed by atoms with Crippen molar-refractivity contribution in [3.63, 3.8) is 0 Å². The molecule has 1 aromatic heterocycles. The Hall–Kier alpha value is -1.92. The van der Waals surface area contributed by atoms with Crippen LogP contribution in [0, 0.1) is 6.92 Å². The predicted octanol–water partition coefficient (Wildman–Crippen LogP) is 3.97. The van der Waals surface area contributed by atoms with Crippen molar-refractivity contribution in [2.45, 2.75) is 57.5 Å². The van der Waals surface area contributed by atoms with Crippen molar-refractivity contribution >= 4 is 17.2 Å². The molecule has 1 heterocycles. The summed E-state index contributed by atoms with van der Waals surface area (Å²) in [6.07, 6.45) is 4.76. The van der Waals surface area contributed by atoms with Crippen molar-refractivity contribution in [1.82, 2.24) is 10.3 Å². The molecule has 5 nitrogen and oxygen atoms in total. The summed E-state index contributed by atoms with van der Waals surface area (Å²) in [6, 6.07) is 7.76. The Labute approximate surface area is 159 Å². The lowest BCUT2D eigenvalue weighted by Gasteiger charge is -2.32. The van der Waals surface area contributed by atoms with Crippen molar-refractivity contribution < 1.29 is 9.53 Å². The minimum Gasteiger partial charge on any atom is -0.497 e. The first-order valence-electron chi connectivity index (χ1n) is 9.14. The Morgan fingerprint density at radius 1 is 1.27 bits per heavy atom. The number of benzene rings is 1. The van der Waals surface area contributed by atoms with E-state index in [4.69, 9.17) is 10.5 Å². The van der Waals surface area contributed by atoms with E-state index < -0.39 is 5.54 Å². The fourth-order valence-corrected chi connectivity index (χ4v) is 4.56. The minimum absolute atomic E-state index is 0.0384. The second-order valence-corrected chi connectivity index (χ2v) is 8.14. The van der Waals surface area contributed by atoms with E-state index in [1.807, 2.05) is 38.1 Å². The van der Waals surface area contributed by atoms with E-state index >= 15 is 0 Å². The van der Waals surface area contributed by atoms with Crippen LogP contribution in [0.1, 0.15) is 55.6 Å². The fourth-order valence-electron chi connectivity index (χ4n) is 3.48. The zero-order valence-corrected chi connectivity index (χ0v) is 16.5. The van der Waals surface area contributed by atoms with Crippen LogP contribution in [0.3, 0.4) is 0 Å². The number of carbonyl (C=O) groups excluding carboxylic acids is 1. The summed E-state index contributed by atoms with van der Waals surface area (Å²) in [4.78, 5) is 18.5. The van der Waals surface area contributed by atoms with Crippen LogP contribution >= 0.6 is 11.3 Å². The molecule has 26 heavy (non-hydrogen) atoms. The summed E-state index contributed by atoms with van der Waals surface area (Å²) >= 11 is 1.61. The van der Waals surface area contributed by atoms with Gasteiger partial charge in [-0.05, 0) is 51.0 Å². The van der Waals surface area contributed by atoms with Crippen LogP contribution in [0.5, 0.6) is 5.75 Å². The smallest absolute Gasteiger partial charge is 0.240 e. The molecule has 0 aliphatic heterocycles. The predicted molar refractivity (Wildman–Crippen MR) is 105 cm³/mol. The molecule has 0 bridgehead atoms. The molecule has 1 unspecified atom stereocenters. The van der Waals surface area contributed by atoms with Gasteiger partial charge in [-0.15, -0.1) is 11.3 Å². The van der Waals surface area contributed by atoms with Gasteiger partial charge in [-0.25, -0.2) is 4.98 Å². The molecule has 6 heteroatoms. The summed E-state index contributed by atoms with van der Waals surface area (Å²) < 4.78 is 5.21. The van der Waals surface area contributed by atoms with Gasteiger partial charge in [-0.3, -0.25) is 4.79 Å². The molecule has 3 N–H and O–H groups in total. The highest BCUT2D eigenvalue weighted by Crippen LogP contribution is 2.33. The van der Waals surface area contributed by atoms with E-state index in [0.717, 1.165) is 52.6 Å². The van der Waals surface area contributed by atoms with E-state index in [-0.39, 0.29) is 11.9 Å². The number of hydrogen-bond acceptors (Lipinski definition) is 5. The second kappa shape index (κ2) is 7.76. The molecule has 1 aliphatic carbocycles. The van der Waals surface area contributed by atoms with Crippen LogP contribution in [0.4, 0.5) is 0 Å². The molecule has 0 saturated heterocycles. The molecule has 1 aromatic carbocycles. The van der Waals surface area contributed by atoms with Gasteiger partial charge in [0.1, 0.15) is 10.8 Å². The van der Waals surface area contributed by atoms with Gasteiger partial charge >= 0.3 is 0 Å². The number of hydrogen-bond donors (Lipinski definition) is 2. The number of thiazole rings is 1. The van der Waals surface area contributed by atoms with Crippen molar-refractivity contribution in [1.29, 1.82) is 0 Å². The highest BCUT2D eigenvalue weighted by molar-refractivity contribution is 7.15. The Morgan fingerprint density at radius 2 is 1.92 bits per heavy atom. The van der Waals surface area contributed by atoms with Gasteiger partial charge in [0.25, 0.3) is 0 Å². The molecule has 1 saturated carbocycles. The normalized spacial score (nSPS) is 17.5. The average molecular weight is 374 g/mol. The Morgan fingerprint density at radius 3 is 2.54 bits per heavy atom. The molecular weight excluding hydrogens is 346 g/mol. The summed E-state index contributed by atoms with van der Waals surface area (Å²) in [6.45, 7) is 3.99. The zero-order valence-electron chi connectivity index (χ0n) is 15.7. The Bertz CT molecular complexity index is 764. The largest absolute Gasteiger partial charge is 0.497 e. The highest BCUT2D eigenvalue weighted by Gasteiger charge is 2.36. The maximum atomic E-state index is 12.7. The van der Waals surface area contributed by atoms with E-state index in [2.05, 4.69) is 10.3 Å². The molecule has 0 spiro atoms. The highest BCUT2D eigenvalue weighted by atomic mass is 32.1. The van der Waals surface area contributed by atoms with Crippen LogP contribution in [0.25, 0.3) is 10.6 Å². The lowest BCUT2D eigenvalue weighted by Crippen LogP contribution is -2.55. The average Bonchev–Trinajstić information content (AvgIpc) is 3.04. The van der Waals surface area contributed by atoms with E-state index in [9.17, 15) is 4.79 Å². The third kappa shape index (κ3) is 3.91.